The Labute approximate surface area is 178 Å². The molecule has 0 fully saturated rings. The summed E-state index contributed by atoms with van der Waals surface area (Å²) in [5.41, 5.74) is 0. The number of unbranched alkanes of at least 4 members (excludes halogenated alkanes) is 12. The summed E-state index contributed by atoms with van der Waals surface area (Å²) in [7, 11) is 0. The smallest absolute Gasteiger partial charge is 0.0786 e. The SMILES string of the molecule is CCCCCCC[N+](CC)(CCCCCCC)CCCCCCC.[I-]. The lowest BCUT2D eigenvalue weighted by Crippen LogP contribution is -3.00. The average molecular weight is 468 g/mol. The molecular formula is C23H50IN. The highest BCUT2D eigenvalue weighted by molar-refractivity contribution is 4.51. The van der Waals surface area contributed by atoms with Crippen LogP contribution in [0.2, 0.25) is 0 Å². The maximum absolute atomic E-state index is 2.45. The van der Waals surface area contributed by atoms with E-state index in [9.17, 15) is 0 Å². The second-order valence-corrected chi connectivity index (χ2v) is 8.07. The summed E-state index contributed by atoms with van der Waals surface area (Å²) in [6.07, 6.45) is 21.5. The van der Waals surface area contributed by atoms with Gasteiger partial charge in [0.25, 0.3) is 0 Å². The Morgan fingerprint density at radius 2 is 0.680 bits per heavy atom. The zero-order valence-corrected chi connectivity index (χ0v) is 20.4. The van der Waals surface area contributed by atoms with Crippen LogP contribution in [0, 0.1) is 0 Å². The minimum Gasteiger partial charge on any atom is -1.00 e. The van der Waals surface area contributed by atoms with Crippen LogP contribution in [0.15, 0.2) is 0 Å². The molecule has 0 saturated carbocycles. The van der Waals surface area contributed by atoms with E-state index in [1.54, 1.807) is 0 Å². The maximum Gasteiger partial charge on any atom is 0.0786 e. The quantitative estimate of drug-likeness (QED) is 0.146. The molecule has 0 aliphatic rings. The van der Waals surface area contributed by atoms with Crippen molar-refractivity contribution in [1.82, 2.24) is 0 Å². The molecule has 0 aliphatic heterocycles. The number of hydrogen-bond donors (Lipinski definition) is 0. The first kappa shape index (κ1) is 27.9. The molecule has 0 saturated heterocycles. The fourth-order valence-electron chi connectivity index (χ4n) is 3.96. The van der Waals surface area contributed by atoms with Gasteiger partial charge in [0.1, 0.15) is 0 Å². The van der Waals surface area contributed by atoms with Crippen molar-refractivity contribution in [3.63, 3.8) is 0 Å². The standard InChI is InChI=1S/C23H50N.HI/c1-5-9-12-15-18-21-24(8-4,22-19-16-13-10-6-2)23-20-17-14-11-7-3;/h5-23H2,1-4H3;1H/q+1;/p-1. The van der Waals surface area contributed by atoms with Crippen LogP contribution < -0.4 is 24.0 Å². The monoisotopic (exact) mass is 467 g/mol. The fourth-order valence-corrected chi connectivity index (χ4v) is 3.96. The van der Waals surface area contributed by atoms with Crippen molar-refractivity contribution in [2.24, 2.45) is 0 Å². The molecule has 1 nitrogen and oxygen atoms in total. The van der Waals surface area contributed by atoms with E-state index >= 15 is 0 Å². The van der Waals surface area contributed by atoms with Gasteiger partial charge < -0.3 is 28.5 Å². The minimum absolute atomic E-state index is 0. The molecule has 0 unspecified atom stereocenters. The Hall–Kier alpha value is 0.690. The first-order chi connectivity index (χ1) is 11.7. The van der Waals surface area contributed by atoms with E-state index in [0.717, 1.165) is 0 Å². The van der Waals surface area contributed by atoms with E-state index in [-0.39, 0.29) is 24.0 Å². The second kappa shape index (κ2) is 21.0. The summed E-state index contributed by atoms with van der Waals surface area (Å²) >= 11 is 0. The van der Waals surface area contributed by atoms with Gasteiger partial charge in [-0.15, -0.1) is 0 Å². The molecule has 0 N–H and O–H groups in total. The molecular weight excluding hydrogens is 417 g/mol. The lowest BCUT2D eigenvalue weighted by atomic mass is 10.1. The largest absolute Gasteiger partial charge is 1.00 e. The van der Waals surface area contributed by atoms with Gasteiger partial charge in [0.05, 0.1) is 26.2 Å². The van der Waals surface area contributed by atoms with Gasteiger partial charge in [-0.05, 0) is 45.4 Å². The van der Waals surface area contributed by atoms with Gasteiger partial charge >= 0.3 is 0 Å². The first-order valence-corrected chi connectivity index (χ1v) is 11.6. The van der Waals surface area contributed by atoms with Crippen LogP contribution >= 0.6 is 0 Å². The number of quaternary nitrogens is 1. The van der Waals surface area contributed by atoms with Crippen molar-refractivity contribution >= 4 is 0 Å². The molecule has 25 heavy (non-hydrogen) atoms. The van der Waals surface area contributed by atoms with Crippen molar-refractivity contribution in [2.45, 2.75) is 124 Å². The third kappa shape index (κ3) is 16.6. The highest BCUT2D eigenvalue weighted by Crippen LogP contribution is 2.17. The van der Waals surface area contributed by atoms with Crippen LogP contribution in [0.1, 0.15) is 124 Å². The molecule has 0 rings (SSSR count). The molecule has 0 radical (unpaired) electrons. The van der Waals surface area contributed by atoms with Crippen LogP contribution in [0.3, 0.4) is 0 Å². The van der Waals surface area contributed by atoms with Gasteiger partial charge in [-0.1, -0.05) is 78.6 Å². The van der Waals surface area contributed by atoms with E-state index in [1.807, 2.05) is 0 Å². The molecule has 0 aromatic rings. The van der Waals surface area contributed by atoms with Gasteiger partial charge in [-0.2, -0.15) is 0 Å². The lowest BCUT2D eigenvalue weighted by Gasteiger charge is -2.38. The Bertz CT molecular complexity index is 206. The van der Waals surface area contributed by atoms with Crippen LogP contribution in [-0.4, -0.2) is 30.7 Å². The molecule has 0 atom stereocenters. The summed E-state index contributed by atoms with van der Waals surface area (Å²) in [4.78, 5) is 0. The van der Waals surface area contributed by atoms with Gasteiger partial charge in [-0.3, -0.25) is 0 Å². The summed E-state index contributed by atoms with van der Waals surface area (Å²) in [5, 5.41) is 0. The summed E-state index contributed by atoms with van der Waals surface area (Å²) < 4.78 is 1.42. The highest BCUT2D eigenvalue weighted by Gasteiger charge is 2.23. The molecule has 0 heterocycles. The molecule has 0 aromatic carbocycles. The molecule has 0 spiro atoms. The first-order valence-electron chi connectivity index (χ1n) is 11.6. The topological polar surface area (TPSA) is 0 Å². The molecule has 0 aromatic heterocycles. The Balaban J connectivity index is 0. The van der Waals surface area contributed by atoms with E-state index < -0.39 is 0 Å². The van der Waals surface area contributed by atoms with Crippen LogP contribution in [0.4, 0.5) is 0 Å². The van der Waals surface area contributed by atoms with Gasteiger partial charge in [0.15, 0.2) is 0 Å². The summed E-state index contributed by atoms with van der Waals surface area (Å²) in [5.74, 6) is 0. The average Bonchev–Trinajstić information content (AvgIpc) is 2.60. The van der Waals surface area contributed by atoms with E-state index in [2.05, 4.69) is 27.7 Å². The van der Waals surface area contributed by atoms with Crippen LogP contribution in [0.5, 0.6) is 0 Å². The number of rotatable bonds is 19. The normalized spacial score (nSPS) is 11.5. The maximum atomic E-state index is 2.45. The molecule has 0 bridgehead atoms. The Kier molecular flexibility index (Phi) is 23.4. The predicted molar refractivity (Wildman–Crippen MR) is 112 cm³/mol. The van der Waals surface area contributed by atoms with Gasteiger partial charge in [-0.25, -0.2) is 0 Å². The molecule has 0 aliphatic carbocycles. The Morgan fingerprint density at radius 3 is 0.920 bits per heavy atom. The number of hydrogen-bond acceptors (Lipinski definition) is 0. The van der Waals surface area contributed by atoms with Crippen molar-refractivity contribution in [3.05, 3.63) is 0 Å². The third-order valence-electron chi connectivity index (χ3n) is 5.88. The lowest BCUT2D eigenvalue weighted by molar-refractivity contribution is -0.927. The van der Waals surface area contributed by atoms with E-state index in [4.69, 9.17) is 0 Å². The van der Waals surface area contributed by atoms with Gasteiger partial charge in [0, 0.05) is 0 Å². The van der Waals surface area contributed by atoms with E-state index in [1.165, 1.54) is 127 Å². The van der Waals surface area contributed by atoms with Crippen molar-refractivity contribution in [3.8, 4) is 0 Å². The van der Waals surface area contributed by atoms with Crippen LogP contribution in [0.25, 0.3) is 0 Å². The molecule has 0 amide bonds. The highest BCUT2D eigenvalue weighted by atomic mass is 127. The van der Waals surface area contributed by atoms with Crippen molar-refractivity contribution in [2.75, 3.05) is 26.2 Å². The zero-order chi connectivity index (χ0) is 17.9. The number of nitrogens with zero attached hydrogens (tertiary/aromatic N) is 1. The zero-order valence-electron chi connectivity index (χ0n) is 18.3. The fraction of sp³-hybridized carbons (Fsp3) is 1.00. The summed E-state index contributed by atoms with van der Waals surface area (Å²) in [6.45, 7) is 15.1. The molecule has 2 heteroatoms. The molecule has 154 valence electrons. The van der Waals surface area contributed by atoms with Crippen LogP contribution in [-0.2, 0) is 0 Å². The minimum atomic E-state index is 0. The van der Waals surface area contributed by atoms with Crippen molar-refractivity contribution < 1.29 is 28.5 Å². The number of halogens is 1. The van der Waals surface area contributed by atoms with Gasteiger partial charge in [0.2, 0.25) is 0 Å². The summed E-state index contributed by atoms with van der Waals surface area (Å²) in [6, 6.07) is 0. The predicted octanol–water partition coefficient (Wildman–Crippen LogP) is 4.74. The third-order valence-corrected chi connectivity index (χ3v) is 5.88. The van der Waals surface area contributed by atoms with Crippen molar-refractivity contribution in [1.29, 1.82) is 0 Å². The second-order valence-electron chi connectivity index (χ2n) is 8.07. The van der Waals surface area contributed by atoms with E-state index in [0.29, 0.717) is 0 Å². The Morgan fingerprint density at radius 1 is 0.400 bits per heavy atom.